The minimum absolute atomic E-state index is 0.0364. The monoisotopic (exact) mass is 300 g/mol. The van der Waals surface area contributed by atoms with Gasteiger partial charge in [-0.1, -0.05) is 6.07 Å². The van der Waals surface area contributed by atoms with Crippen molar-refractivity contribution >= 4 is 12.0 Å². The Morgan fingerprint density at radius 3 is 2.68 bits per heavy atom. The first-order valence-corrected chi connectivity index (χ1v) is 7.31. The molecule has 5 nitrogen and oxygen atoms in total. The SMILES string of the molecule is COc1cc(/C=C(\C#N)C(=O)NC2CC2)ccc1OC(C)C. The lowest BCUT2D eigenvalue weighted by molar-refractivity contribution is -0.117. The van der Waals surface area contributed by atoms with Gasteiger partial charge in [0.05, 0.1) is 13.2 Å². The zero-order valence-electron chi connectivity index (χ0n) is 13.1. The third-order valence-electron chi connectivity index (χ3n) is 3.14. The first kappa shape index (κ1) is 15.9. The number of amides is 1. The second-order valence-electron chi connectivity index (χ2n) is 5.49. The molecule has 1 amide bonds. The lowest BCUT2D eigenvalue weighted by Crippen LogP contribution is -2.26. The van der Waals surface area contributed by atoms with Crippen LogP contribution >= 0.6 is 0 Å². The van der Waals surface area contributed by atoms with Gasteiger partial charge in [-0.05, 0) is 50.5 Å². The summed E-state index contributed by atoms with van der Waals surface area (Å²) in [5.74, 6) is 0.879. The van der Waals surface area contributed by atoms with Crippen molar-refractivity contribution in [1.82, 2.24) is 5.32 Å². The van der Waals surface area contributed by atoms with Gasteiger partial charge in [-0.2, -0.15) is 5.26 Å². The molecule has 1 aromatic rings. The number of benzene rings is 1. The number of methoxy groups -OCH3 is 1. The minimum Gasteiger partial charge on any atom is -0.493 e. The molecule has 0 aromatic heterocycles. The van der Waals surface area contributed by atoms with Gasteiger partial charge < -0.3 is 14.8 Å². The van der Waals surface area contributed by atoms with Crippen LogP contribution in [0.4, 0.5) is 0 Å². The van der Waals surface area contributed by atoms with E-state index in [9.17, 15) is 4.79 Å². The van der Waals surface area contributed by atoms with Crippen molar-refractivity contribution in [3.05, 3.63) is 29.3 Å². The summed E-state index contributed by atoms with van der Waals surface area (Å²) >= 11 is 0. The summed E-state index contributed by atoms with van der Waals surface area (Å²) in [4.78, 5) is 11.9. The zero-order valence-corrected chi connectivity index (χ0v) is 13.1. The number of rotatable bonds is 6. The molecule has 1 aliphatic rings. The predicted molar refractivity (Wildman–Crippen MR) is 83.5 cm³/mol. The molecule has 0 saturated heterocycles. The number of nitrogens with zero attached hydrogens (tertiary/aromatic N) is 1. The van der Waals surface area contributed by atoms with Crippen LogP contribution in [0.15, 0.2) is 23.8 Å². The van der Waals surface area contributed by atoms with E-state index >= 15 is 0 Å². The van der Waals surface area contributed by atoms with Crippen LogP contribution in [0, 0.1) is 11.3 Å². The molecule has 1 aromatic carbocycles. The highest BCUT2D eigenvalue weighted by Crippen LogP contribution is 2.29. The molecule has 0 bridgehead atoms. The molecular formula is C17H20N2O3. The molecule has 116 valence electrons. The molecule has 0 aliphatic heterocycles. The van der Waals surface area contributed by atoms with Crippen molar-refractivity contribution < 1.29 is 14.3 Å². The maximum atomic E-state index is 11.9. The van der Waals surface area contributed by atoms with Gasteiger partial charge in [0, 0.05) is 6.04 Å². The number of ether oxygens (including phenoxy) is 2. The van der Waals surface area contributed by atoms with Crippen molar-refractivity contribution in [2.24, 2.45) is 0 Å². The van der Waals surface area contributed by atoms with Gasteiger partial charge in [-0.15, -0.1) is 0 Å². The smallest absolute Gasteiger partial charge is 0.262 e. The first-order chi connectivity index (χ1) is 10.5. The van der Waals surface area contributed by atoms with E-state index in [1.54, 1.807) is 31.4 Å². The highest BCUT2D eigenvalue weighted by atomic mass is 16.5. The van der Waals surface area contributed by atoms with Crippen LogP contribution in [0.3, 0.4) is 0 Å². The predicted octanol–water partition coefficient (Wildman–Crippen LogP) is 2.67. The van der Waals surface area contributed by atoms with E-state index in [1.807, 2.05) is 19.9 Å². The fourth-order valence-corrected chi connectivity index (χ4v) is 1.93. The normalized spacial score (nSPS) is 14.4. The van der Waals surface area contributed by atoms with Gasteiger partial charge in [0.25, 0.3) is 5.91 Å². The molecule has 0 atom stereocenters. The Labute approximate surface area is 130 Å². The second-order valence-corrected chi connectivity index (χ2v) is 5.49. The van der Waals surface area contributed by atoms with E-state index in [-0.39, 0.29) is 23.6 Å². The fourth-order valence-electron chi connectivity index (χ4n) is 1.93. The molecule has 0 heterocycles. The summed E-state index contributed by atoms with van der Waals surface area (Å²) in [6.45, 7) is 3.87. The van der Waals surface area contributed by atoms with Crippen LogP contribution in [-0.2, 0) is 4.79 Å². The Balaban J connectivity index is 2.21. The number of carbonyl (C=O) groups excluding carboxylic acids is 1. The number of nitrogens with one attached hydrogen (secondary N) is 1. The van der Waals surface area contributed by atoms with Crippen LogP contribution in [-0.4, -0.2) is 25.2 Å². The topological polar surface area (TPSA) is 71.3 Å². The lowest BCUT2D eigenvalue weighted by atomic mass is 10.1. The summed E-state index contributed by atoms with van der Waals surface area (Å²) in [5.41, 5.74) is 0.807. The van der Waals surface area contributed by atoms with Crippen molar-refractivity contribution in [3.63, 3.8) is 0 Å². The summed E-state index contributed by atoms with van der Waals surface area (Å²) in [6.07, 6.45) is 3.56. The highest BCUT2D eigenvalue weighted by molar-refractivity contribution is 6.02. The molecule has 0 radical (unpaired) electrons. The molecule has 0 spiro atoms. The quantitative estimate of drug-likeness (QED) is 0.647. The van der Waals surface area contributed by atoms with Crippen molar-refractivity contribution in [3.8, 4) is 17.6 Å². The average Bonchev–Trinajstić information content (AvgIpc) is 3.29. The molecule has 1 saturated carbocycles. The van der Waals surface area contributed by atoms with Crippen LogP contribution < -0.4 is 14.8 Å². The maximum Gasteiger partial charge on any atom is 0.262 e. The van der Waals surface area contributed by atoms with Gasteiger partial charge in [0.2, 0.25) is 0 Å². The van der Waals surface area contributed by atoms with Crippen molar-refractivity contribution in [2.75, 3.05) is 7.11 Å². The third kappa shape index (κ3) is 4.26. The third-order valence-corrected chi connectivity index (χ3v) is 3.14. The summed E-state index contributed by atoms with van der Waals surface area (Å²) in [6, 6.07) is 7.49. The Morgan fingerprint density at radius 1 is 1.41 bits per heavy atom. The number of nitriles is 1. The zero-order chi connectivity index (χ0) is 16.1. The van der Waals surface area contributed by atoms with Crippen LogP contribution in [0.2, 0.25) is 0 Å². The number of hydrogen-bond acceptors (Lipinski definition) is 4. The molecule has 1 aliphatic carbocycles. The summed E-state index contributed by atoms with van der Waals surface area (Å²) < 4.78 is 10.9. The molecular weight excluding hydrogens is 280 g/mol. The fraction of sp³-hybridized carbons (Fsp3) is 0.412. The van der Waals surface area contributed by atoms with Gasteiger partial charge in [0.1, 0.15) is 11.6 Å². The van der Waals surface area contributed by atoms with E-state index in [1.165, 1.54) is 0 Å². The van der Waals surface area contributed by atoms with Crippen LogP contribution in [0.1, 0.15) is 32.3 Å². The van der Waals surface area contributed by atoms with E-state index in [2.05, 4.69) is 5.32 Å². The maximum absolute atomic E-state index is 11.9. The van der Waals surface area contributed by atoms with Crippen LogP contribution in [0.25, 0.3) is 6.08 Å². The number of carbonyl (C=O) groups is 1. The first-order valence-electron chi connectivity index (χ1n) is 7.31. The Bertz CT molecular complexity index is 625. The van der Waals surface area contributed by atoms with E-state index in [0.29, 0.717) is 11.5 Å². The lowest BCUT2D eigenvalue weighted by Gasteiger charge is -2.13. The van der Waals surface area contributed by atoms with Crippen molar-refractivity contribution in [2.45, 2.75) is 38.8 Å². The van der Waals surface area contributed by atoms with Gasteiger partial charge >= 0.3 is 0 Å². The van der Waals surface area contributed by atoms with E-state index in [4.69, 9.17) is 14.7 Å². The van der Waals surface area contributed by atoms with Crippen LogP contribution in [0.5, 0.6) is 11.5 Å². The van der Waals surface area contributed by atoms with Gasteiger partial charge in [0.15, 0.2) is 11.5 Å². The Kier molecular flexibility index (Phi) is 5.05. The van der Waals surface area contributed by atoms with E-state index in [0.717, 1.165) is 18.4 Å². The summed E-state index contributed by atoms with van der Waals surface area (Å²) in [5, 5.41) is 12.0. The van der Waals surface area contributed by atoms with Gasteiger partial charge in [-0.25, -0.2) is 0 Å². The molecule has 2 rings (SSSR count). The molecule has 1 N–H and O–H groups in total. The van der Waals surface area contributed by atoms with E-state index < -0.39 is 0 Å². The minimum atomic E-state index is -0.327. The highest BCUT2D eigenvalue weighted by Gasteiger charge is 2.24. The van der Waals surface area contributed by atoms with Gasteiger partial charge in [-0.3, -0.25) is 4.79 Å². The van der Waals surface area contributed by atoms with Crippen molar-refractivity contribution in [1.29, 1.82) is 5.26 Å². The molecule has 1 fully saturated rings. The standard InChI is InChI=1S/C17H20N2O3/c1-11(2)22-15-7-4-12(9-16(15)21-3)8-13(10-18)17(20)19-14-5-6-14/h4,7-9,11,14H,5-6H2,1-3H3,(H,19,20)/b13-8+. The molecule has 22 heavy (non-hydrogen) atoms. The second kappa shape index (κ2) is 6.99. The molecule has 0 unspecified atom stereocenters. The summed E-state index contributed by atoms with van der Waals surface area (Å²) in [7, 11) is 1.56. The molecule has 5 heteroatoms. The Morgan fingerprint density at radius 2 is 2.14 bits per heavy atom. The Hall–Kier alpha value is -2.48. The number of hydrogen-bond donors (Lipinski definition) is 1. The average molecular weight is 300 g/mol. The largest absolute Gasteiger partial charge is 0.493 e.